The Balaban J connectivity index is 2.11. The molecule has 2 aromatic rings. The van der Waals surface area contributed by atoms with Gasteiger partial charge in [-0.3, -0.25) is 0 Å². The maximum Gasteiger partial charge on any atom is 0.215 e. The zero-order valence-corrected chi connectivity index (χ0v) is 9.95. The average molecular weight is 254 g/mol. The molecule has 1 aliphatic rings. The molecular formula is C11H7BN4OS. The highest BCUT2D eigenvalue weighted by atomic mass is 32.1. The lowest BCUT2D eigenvalue weighted by atomic mass is 9.95. The number of H-pyrrole nitrogens is 2. The third-order valence-electron chi connectivity index (χ3n) is 2.56. The fourth-order valence-electron chi connectivity index (χ4n) is 1.75. The van der Waals surface area contributed by atoms with Crippen molar-refractivity contribution in [1.82, 2.24) is 15.0 Å². The van der Waals surface area contributed by atoms with Crippen molar-refractivity contribution in [3.63, 3.8) is 0 Å². The first-order chi connectivity index (χ1) is 8.63. The fraction of sp³-hybridized carbons (Fsp3) is 0. The highest BCUT2D eigenvalue weighted by Gasteiger charge is 2.14. The number of aromatic amines is 2. The third-order valence-corrected chi connectivity index (χ3v) is 2.76. The molecule has 1 aliphatic heterocycles. The second-order valence-corrected chi connectivity index (χ2v) is 4.25. The van der Waals surface area contributed by atoms with Gasteiger partial charge in [-0.2, -0.15) is 0 Å². The molecule has 0 fully saturated rings. The van der Waals surface area contributed by atoms with E-state index in [1.165, 1.54) is 0 Å². The normalized spacial score (nSPS) is 15.2. The van der Waals surface area contributed by atoms with Crippen molar-refractivity contribution in [2.24, 2.45) is 4.99 Å². The predicted molar refractivity (Wildman–Crippen MR) is 73.3 cm³/mol. The van der Waals surface area contributed by atoms with E-state index in [-0.39, 0.29) is 5.88 Å². The van der Waals surface area contributed by atoms with Gasteiger partial charge in [-0.1, -0.05) is 11.5 Å². The van der Waals surface area contributed by atoms with E-state index in [2.05, 4.69) is 19.9 Å². The Hall–Kier alpha value is -2.15. The second-order valence-electron chi connectivity index (χ2n) is 3.84. The standard InChI is InChI=1S/C11H7BN4OS/c12-6-2-7-5(3-13-9(7)14-4-6)1-8-10(17)16-11(18)15-8/h1-4,17H,(H2,15,16,18). The van der Waals surface area contributed by atoms with Crippen LogP contribution in [0.2, 0.25) is 0 Å². The first-order valence-corrected chi connectivity index (χ1v) is 5.57. The van der Waals surface area contributed by atoms with Gasteiger partial charge in [0.25, 0.3) is 0 Å². The number of pyridine rings is 1. The second kappa shape index (κ2) is 3.95. The van der Waals surface area contributed by atoms with Gasteiger partial charge in [0.2, 0.25) is 5.88 Å². The summed E-state index contributed by atoms with van der Waals surface area (Å²) in [5, 5.41) is 9.61. The van der Waals surface area contributed by atoms with Crippen molar-refractivity contribution in [2.75, 3.05) is 0 Å². The Morgan fingerprint density at radius 3 is 2.94 bits per heavy atom. The van der Waals surface area contributed by atoms with Gasteiger partial charge < -0.3 is 15.1 Å². The monoisotopic (exact) mass is 254 g/mol. The summed E-state index contributed by atoms with van der Waals surface area (Å²) in [6, 6.07) is 1.79. The summed E-state index contributed by atoms with van der Waals surface area (Å²) in [6.45, 7) is 0. The molecule has 3 rings (SSSR count). The molecule has 2 aromatic heterocycles. The number of hydrogen-bond acceptors (Lipinski definition) is 4. The van der Waals surface area contributed by atoms with Crippen molar-refractivity contribution in [3.05, 3.63) is 28.3 Å². The molecule has 0 saturated carbocycles. The molecule has 0 saturated heterocycles. The molecular weight excluding hydrogens is 247 g/mol. The summed E-state index contributed by atoms with van der Waals surface area (Å²) in [6.07, 6.45) is 4.96. The molecule has 0 aromatic carbocycles. The van der Waals surface area contributed by atoms with Crippen LogP contribution in [0.4, 0.5) is 5.82 Å². The maximum atomic E-state index is 9.61. The SMILES string of the molecule is [B]c1cnc2c(c1)C(=Cc1[nH]c(=S)[nH]c1O)C=N2. The van der Waals surface area contributed by atoms with E-state index < -0.39 is 0 Å². The summed E-state index contributed by atoms with van der Waals surface area (Å²) in [5.41, 5.74) is 2.70. The van der Waals surface area contributed by atoms with Gasteiger partial charge in [-0.25, -0.2) is 9.98 Å². The quantitative estimate of drug-likeness (QED) is 0.529. The Morgan fingerprint density at radius 1 is 1.39 bits per heavy atom. The molecule has 3 N–H and O–H groups in total. The Kier molecular flexibility index (Phi) is 2.41. The van der Waals surface area contributed by atoms with Crippen molar-refractivity contribution in [3.8, 4) is 5.88 Å². The molecule has 5 nitrogen and oxygen atoms in total. The first-order valence-electron chi connectivity index (χ1n) is 5.16. The number of aromatic hydroxyl groups is 1. The number of nitrogens with one attached hydrogen (secondary N) is 2. The minimum absolute atomic E-state index is 0.00814. The molecule has 2 radical (unpaired) electrons. The van der Waals surface area contributed by atoms with E-state index in [0.29, 0.717) is 21.7 Å². The Labute approximate surface area is 109 Å². The number of nitrogens with zero attached hydrogens (tertiary/aromatic N) is 2. The van der Waals surface area contributed by atoms with Crippen LogP contribution in [0, 0.1) is 4.77 Å². The molecule has 0 amide bonds. The van der Waals surface area contributed by atoms with Crippen LogP contribution >= 0.6 is 12.2 Å². The van der Waals surface area contributed by atoms with Crippen LogP contribution in [0.3, 0.4) is 0 Å². The first kappa shape index (κ1) is 11.0. The van der Waals surface area contributed by atoms with Crippen LogP contribution in [-0.2, 0) is 0 Å². The molecule has 0 aliphatic carbocycles. The predicted octanol–water partition coefficient (Wildman–Crippen LogP) is 1.22. The topological polar surface area (TPSA) is 77.1 Å². The minimum Gasteiger partial charge on any atom is -0.493 e. The summed E-state index contributed by atoms with van der Waals surface area (Å²) in [7, 11) is 5.70. The van der Waals surface area contributed by atoms with Gasteiger partial charge in [-0.05, 0) is 18.3 Å². The van der Waals surface area contributed by atoms with Gasteiger partial charge in [0.1, 0.15) is 13.5 Å². The summed E-state index contributed by atoms with van der Waals surface area (Å²) in [5.74, 6) is 0.607. The smallest absolute Gasteiger partial charge is 0.215 e. The lowest BCUT2D eigenvalue weighted by Gasteiger charge is -2.00. The largest absolute Gasteiger partial charge is 0.493 e. The summed E-state index contributed by atoms with van der Waals surface area (Å²) in [4.78, 5) is 13.7. The molecule has 0 bridgehead atoms. The van der Waals surface area contributed by atoms with E-state index in [9.17, 15) is 5.11 Å². The lowest BCUT2D eigenvalue weighted by molar-refractivity contribution is 0.455. The molecule has 86 valence electrons. The molecule has 0 spiro atoms. The van der Waals surface area contributed by atoms with Crippen molar-refractivity contribution >= 4 is 49.2 Å². The lowest BCUT2D eigenvalue weighted by Crippen LogP contribution is -2.03. The zero-order valence-electron chi connectivity index (χ0n) is 9.14. The summed E-state index contributed by atoms with van der Waals surface area (Å²) >= 11 is 4.89. The number of imidazole rings is 1. The average Bonchev–Trinajstić information content (AvgIpc) is 2.84. The van der Waals surface area contributed by atoms with Crippen LogP contribution in [-0.4, -0.2) is 34.1 Å². The van der Waals surface area contributed by atoms with Crippen molar-refractivity contribution < 1.29 is 5.11 Å². The van der Waals surface area contributed by atoms with E-state index in [4.69, 9.17) is 20.1 Å². The number of rotatable bonds is 1. The fourth-order valence-corrected chi connectivity index (χ4v) is 1.96. The van der Waals surface area contributed by atoms with Crippen LogP contribution in [0.25, 0.3) is 11.6 Å². The van der Waals surface area contributed by atoms with Gasteiger partial charge in [0, 0.05) is 23.5 Å². The van der Waals surface area contributed by atoms with E-state index in [0.717, 1.165) is 11.1 Å². The highest BCUT2D eigenvalue weighted by molar-refractivity contribution is 7.71. The van der Waals surface area contributed by atoms with Crippen molar-refractivity contribution in [1.29, 1.82) is 0 Å². The van der Waals surface area contributed by atoms with Crippen LogP contribution in [0.15, 0.2) is 17.3 Å². The van der Waals surface area contributed by atoms with Gasteiger partial charge in [0.15, 0.2) is 10.6 Å². The third kappa shape index (κ3) is 1.78. The van der Waals surface area contributed by atoms with Crippen LogP contribution in [0.1, 0.15) is 11.3 Å². The summed E-state index contributed by atoms with van der Waals surface area (Å²) < 4.78 is 0.361. The molecule has 3 heterocycles. The van der Waals surface area contributed by atoms with E-state index in [1.807, 2.05) is 0 Å². The van der Waals surface area contributed by atoms with E-state index in [1.54, 1.807) is 24.6 Å². The number of aliphatic imine (C=N–C) groups is 1. The maximum absolute atomic E-state index is 9.61. The van der Waals surface area contributed by atoms with E-state index >= 15 is 0 Å². The minimum atomic E-state index is -0.00814. The molecule has 0 unspecified atom stereocenters. The zero-order chi connectivity index (χ0) is 12.7. The number of allylic oxidation sites excluding steroid dienone is 1. The molecule has 7 heteroatoms. The molecule has 18 heavy (non-hydrogen) atoms. The Bertz CT molecular complexity index is 744. The van der Waals surface area contributed by atoms with Gasteiger partial charge >= 0.3 is 0 Å². The molecule has 0 atom stereocenters. The number of aromatic nitrogens is 3. The van der Waals surface area contributed by atoms with Gasteiger partial charge in [-0.15, -0.1) is 0 Å². The Morgan fingerprint density at radius 2 is 2.22 bits per heavy atom. The van der Waals surface area contributed by atoms with Crippen LogP contribution in [0.5, 0.6) is 5.88 Å². The highest BCUT2D eigenvalue weighted by Crippen LogP contribution is 2.30. The van der Waals surface area contributed by atoms with Gasteiger partial charge in [0.05, 0.1) is 0 Å². The number of hydrogen-bond donors (Lipinski definition) is 3. The van der Waals surface area contributed by atoms with Crippen LogP contribution < -0.4 is 5.46 Å². The number of fused-ring (bicyclic) bond motifs is 1. The van der Waals surface area contributed by atoms with Crippen molar-refractivity contribution in [2.45, 2.75) is 0 Å².